The number of anilines is 1. The lowest BCUT2D eigenvalue weighted by Crippen LogP contribution is -2.45. The number of thiophene rings is 1. The van der Waals surface area contributed by atoms with Crippen LogP contribution >= 0.6 is 22.7 Å². The molecular weight excluding hydrogens is 484 g/mol. The Kier molecular flexibility index (Phi) is 5.64. The zero-order valence-corrected chi connectivity index (χ0v) is 21.2. The fourth-order valence-corrected chi connectivity index (χ4v) is 6.76. The minimum absolute atomic E-state index is 0.0439. The summed E-state index contributed by atoms with van der Waals surface area (Å²) in [6, 6.07) is 9.89. The van der Waals surface area contributed by atoms with Gasteiger partial charge in [0, 0.05) is 32.6 Å². The summed E-state index contributed by atoms with van der Waals surface area (Å²) in [6.07, 6.45) is 1.10. The topological polar surface area (TPSA) is 84.0 Å². The van der Waals surface area contributed by atoms with Crippen LogP contribution in [-0.2, 0) is 0 Å². The van der Waals surface area contributed by atoms with Gasteiger partial charge in [-0.2, -0.15) is 0 Å². The zero-order valence-electron chi connectivity index (χ0n) is 19.5. The van der Waals surface area contributed by atoms with Gasteiger partial charge in [-0.25, -0.2) is 4.98 Å². The van der Waals surface area contributed by atoms with Gasteiger partial charge in [0.1, 0.15) is 23.8 Å². The highest BCUT2D eigenvalue weighted by molar-refractivity contribution is 7.19. The lowest BCUT2D eigenvalue weighted by Gasteiger charge is -2.27. The number of ether oxygens (including phenoxy) is 2. The maximum Gasteiger partial charge on any atom is 0.274 e. The summed E-state index contributed by atoms with van der Waals surface area (Å²) in [5.74, 6) is 1.81. The number of fused-ring (bicyclic) bond motifs is 2. The second-order valence-electron chi connectivity index (χ2n) is 9.28. The molecule has 8 nitrogen and oxygen atoms in total. The zero-order chi connectivity index (χ0) is 24.1. The number of benzene rings is 1. The molecule has 3 atom stereocenters. The standard InChI is InChI=1S/C25H26N4O4S2/c1-28(2)25-27-19(21(35-25)14-6-4-3-5-7-14)24(31)29-12-15-10-16(15)17(29)11-26-23(30)22-20-18(13-34-22)32-8-9-33-20/h3-7,13,15-17H,8-12H2,1-2H3,(H,26,30)/t15-,16-,17+/m0/s1. The van der Waals surface area contributed by atoms with Crippen molar-refractivity contribution >= 4 is 39.6 Å². The van der Waals surface area contributed by atoms with E-state index < -0.39 is 0 Å². The molecule has 1 aromatic carbocycles. The first kappa shape index (κ1) is 22.4. The number of likely N-dealkylation sites (tertiary alicyclic amines) is 1. The van der Waals surface area contributed by atoms with Crippen molar-refractivity contribution in [2.75, 3.05) is 45.3 Å². The van der Waals surface area contributed by atoms with Crippen LogP contribution in [0.1, 0.15) is 26.6 Å². The highest BCUT2D eigenvalue weighted by Gasteiger charge is 2.54. The van der Waals surface area contributed by atoms with Gasteiger partial charge >= 0.3 is 0 Å². The molecule has 2 aromatic heterocycles. The van der Waals surface area contributed by atoms with E-state index in [4.69, 9.17) is 14.5 Å². The van der Waals surface area contributed by atoms with E-state index in [1.807, 2.05) is 54.2 Å². The predicted molar refractivity (Wildman–Crippen MR) is 136 cm³/mol. The van der Waals surface area contributed by atoms with E-state index >= 15 is 0 Å². The van der Waals surface area contributed by atoms with Gasteiger partial charge in [-0.1, -0.05) is 41.7 Å². The summed E-state index contributed by atoms with van der Waals surface area (Å²) in [7, 11) is 3.87. The molecule has 10 heteroatoms. The van der Waals surface area contributed by atoms with Crippen molar-refractivity contribution in [1.82, 2.24) is 15.2 Å². The number of nitrogens with zero attached hydrogens (tertiary/aromatic N) is 3. The summed E-state index contributed by atoms with van der Waals surface area (Å²) < 4.78 is 11.2. The Bertz CT molecular complexity index is 1270. The Morgan fingerprint density at radius 2 is 2.00 bits per heavy atom. The Hall–Kier alpha value is -3.11. The number of piperidine rings is 1. The first-order chi connectivity index (χ1) is 17.0. The average molecular weight is 511 g/mol. The molecule has 35 heavy (non-hydrogen) atoms. The molecule has 3 aliphatic rings. The second kappa shape index (κ2) is 8.83. The second-order valence-corrected chi connectivity index (χ2v) is 11.1. The summed E-state index contributed by atoms with van der Waals surface area (Å²) >= 11 is 2.84. The van der Waals surface area contributed by atoms with Crippen LogP contribution in [0.2, 0.25) is 0 Å². The molecule has 182 valence electrons. The maximum atomic E-state index is 13.8. The van der Waals surface area contributed by atoms with Crippen LogP contribution in [0, 0.1) is 11.8 Å². The smallest absolute Gasteiger partial charge is 0.274 e. The highest BCUT2D eigenvalue weighted by atomic mass is 32.1. The molecule has 4 heterocycles. The summed E-state index contributed by atoms with van der Waals surface area (Å²) in [4.78, 5) is 36.8. The molecule has 2 fully saturated rings. The van der Waals surface area contributed by atoms with E-state index in [0.717, 1.165) is 22.0 Å². The van der Waals surface area contributed by atoms with Crippen molar-refractivity contribution in [2.45, 2.75) is 12.5 Å². The first-order valence-electron chi connectivity index (χ1n) is 11.7. The number of hydrogen-bond acceptors (Lipinski definition) is 8. The van der Waals surface area contributed by atoms with Gasteiger partial charge < -0.3 is 24.6 Å². The molecule has 3 aromatic rings. The Morgan fingerprint density at radius 3 is 2.80 bits per heavy atom. The highest BCUT2D eigenvalue weighted by Crippen LogP contribution is 2.50. The molecule has 2 aliphatic heterocycles. The van der Waals surface area contributed by atoms with Gasteiger partial charge in [-0.3, -0.25) is 9.59 Å². The lowest BCUT2D eigenvalue weighted by atomic mass is 10.1. The average Bonchev–Trinajstić information content (AvgIpc) is 3.23. The molecule has 6 rings (SSSR count). The number of rotatable bonds is 6. The minimum Gasteiger partial charge on any atom is -0.485 e. The fraction of sp³-hybridized carbons (Fsp3) is 0.400. The quantitative estimate of drug-likeness (QED) is 0.546. The van der Waals surface area contributed by atoms with Crippen molar-refractivity contribution < 1.29 is 19.1 Å². The predicted octanol–water partition coefficient (Wildman–Crippen LogP) is 3.60. The van der Waals surface area contributed by atoms with Crippen molar-refractivity contribution in [3.8, 4) is 21.9 Å². The fourth-order valence-electron chi connectivity index (χ4n) is 4.93. The summed E-state index contributed by atoms with van der Waals surface area (Å²) in [6.45, 7) is 2.04. The van der Waals surface area contributed by atoms with E-state index in [0.29, 0.717) is 60.2 Å². The lowest BCUT2D eigenvalue weighted by molar-refractivity contribution is 0.0690. The normalized spacial score (nSPS) is 22.0. The van der Waals surface area contributed by atoms with Crippen LogP contribution in [0.3, 0.4) is 0 Å². The Morgan fingerprint density at radius 1 is 1.20 bits per heavy atom. The van der Waals surface area contributed by atoms with Gasteiger partial charge in [-0.05, 0) is 23.8 Å². The Labute approximate surface area is 211 Å². The van der Waals surface area contributed by atoms with Gasteiger partial charge in [0.25, 0.3) is 11.8 Å². The molecule has 0 unspecified atom stereocenters. The largest absolute Gasteiger partial charge is 0.485 e. The van der Waals surface area contributed by atoms with Crippen LogP contribution in [0.5, 0.6) is 11.5 Å². The number of carbonyl (C=O) groups excluding carboxylic acids is 2. The number of thiazole rings is 1. The molecular formula is C25H26N4O4S2. The number of hydrogen-bond donors (Lipinski definition) is 1. The van der Waals surface area contributed by atoms with Gasteiger partial charge in [0.05, 0.1) is 10.9 Å². The van der Waals surface area contributed by atoms with Gasteiger partial charge in [0.15, 0.2) is 16.6 Å². The van der Waals surface area contributed by atoms with Crippen LogP contribution in [0.4, 0.5) is 5.13 Å². The molecule has 0 spiro atoms. The van der Waals surface area contributed by atoms with Crippen LogP contribution in [-0.4, -0.2) is 68.1 Å². The van der Waals surface area contributed by atoms with Crippen LogP contribution in [0.25, 0.3) is 10.4 Å². The molecule has 0 bridgehead atoms. The van der Waals surface area contributed by atoms with Gasteiger partial charge in [-0.15, -0.1) is 11.3 Å². The first-order valence-corrected chi connectivity index (χ1v) is 13.4. The van der Waals surface area contributed by atoms with Gasteiger partial charge in [0.2, 0.25) is 0 Å². The van der Waals surface area contributed by atoms with E-state index in [9.17, 15) is 9.59 Å². The number of carbonyl (C=O) groups is 2. The number of nitrogens with one attached hydrogen (secondary N) is 1. The van der Waals surface area contributed by atoms with E-state index in [1.54, 1.807) is 5.38 Å². The van der Waals surface area contributed by atoms with Crippen molar-refractivity contribution in [3.05, 3.63) is 46.3 Å². The summed E-state index contributed by atoms with van der Waals surface area (Å²) in [5, 5.41) is 5.66. The van der Waals surface area contributed by atoms with Crippen LogP contribution in [0.15, 0.2) is 35.7 Å². The van der Waals surface area contributed by atoms with Crippen molar-refractivity contribution in [1.29, 1.82) is 0 Å². The monoisotopic (exact) mass is 510 g/mol. The Balaban J connectivity index is 1.22. The van der Waals surface area contributed by atoms with E-state index in [-0.39, 0.29) is 17.9 Å². The molecule has 1 N–H and O–H groups in total. The minimum atomic E-state index is -0.188. The van der Waals surface area contributed by atoms with Crippen LogP contribution < -0.4 is 19.7 Å². The number of aromatic nitrogens is 1. The third kappa shape index (κ3) is 4.04. The third-order valence-electron chi connectivity index (χ3n) is 6.78. The third-order valence-corrected chi connectivity index (χ3v) is 8.99. The van der Waals surface area contributed by atoms with E-state index in [2.05, 4.69) is 5.32 Å². The summed E-state index contributed by atoms with van der Waals surface area (Å²) in [5.41, 5.74) is 1.47. The number of amides is 2. The van der Waals surface area contributed by atoms with Crippen molar-refractivity contribution in [3.63, 3.8) is 0 Å². The SMILES string of the molecule is CN(C)c1nc(C(=O)N2C[C@@H]3C[C@@H]3[C@H]2CNC(=O)c2scc3c2OCCO3)c(-c2ccccc2)s1. The van der Waals surface area contributed by atoms with Crippen molar-refractivity contribution in [2.24, 2.45) is 11.8 Å². The molecule has 1 saturated carbocycles. The molecule has 2 amide bonds. The molecule has 1 aliphatic carbocycles. The maximum absolute atomic E-state index is 13.8. The molecule has 0 radical (unpaired) electrons. The molecule has 1 saturated heterocycles. The van der Waals surface area contributed by atoms with E-state index in [1.165, 1.54) is 22.7 Å².